The van der Waals surface area contributed by atoms with Gasteiger partial charge in [-0.2, -0.15) is 0 Å². The number of nitrogens with two attached hydrogens (primary N) is 1. The number of halogens is 2. The Balaban J connectivity index is 0.00000280. The Morgan fingerprint density at radius 3 is 2.79 bits per heavy atom. The Labute approximate surface area is 173 Å². The van der Waals surface area contributed by atoms with Gasteiger partial charge in [0.25, 0.3) is 11.8 Å². The summed E-state index contributed by atoms with van der Waals surface area (Å²) in [5.74, 6) is -1.55. The maximum atomic E-state index is 13.6. The summed E-state index contributed by atoms with van der Waals surface area (Å²) in [6.07, 6.45) is 1.78. The Kier molecular flexibility index (Phi) is 7.79. The summed E-state index contributed by atoms with van der Waals surface area (Å²) in [6, 6.07) is 5.87. The van der Waals surface area contributed by atoms with E-state index in [-0.39, 0.29) is 24.8 Å². The first-order valence-corrected chi connectivity index (χ1v) is 9.65. The monoisotopic (exact) mass is 427 g/mol. The van der Waals surface area contributed by atoms with E-state index < -0.39 is 17.6 Å². The van der Waals surface area contributed by atoms with Crippen molar-refractivity contribution in [2.24, 2.45) is 5.73 Å². The highest BCUT2D eigenvalue weighted by atomic mass is 35.5. The fraction of sp³-hybridized carbons (Fsp3) is 0.368. The van der Waals surface area contributed by atoms with Crippen molar-refractivity contribution in [1.29, 1.82) is 0 Å². The molecule has 0 fully saturated rings. The number of carbonyl (C=O) groups excluding carboxylic acids is 2. The van der Waals surface area contributed by atoms with E-state index in [1.54, 1.807) is 12.1 Å². The van der Waals surface area contributed by atoms with Crippen LogP contribution in [0.25, 0.3) is 0 Å². The fourth-order valence-corrected chi connectivity index (χ4v) is 4.49. The van der Waals surface area contributed by atoms with Gasteiger partial charge in [-0.25, -0.2) is 4.39 Å². The molecule has 9 heteroatoms. The zero-order valence-corrected chi connectivity index (χ0v) is 17.1. The second kappa shape index (κ2) is 9.86. The van der Waals surface area contributed by atoms with E-state index in [2.05, 4.69) is 17.1 Å². The summed E-state index contributed by atoms with van der Waals surface area (Å²) in [5, 5.41) is 3.14. The molecule has 0 unspecified atom stereocenters. The molecule has 1 aromatic heterocycles. The lowest BCUT2D eigenvalue weighted by molar-refractivity contribution is -0.118. The van der Waals surface area contributed by atoms with Crippen LogP contribution in [0.5, 0.6) is 5.75 Å². The first-order valence-electron chi connectivity index (χ1n) is 8.83. The number of hydrogen-bond donors (Lipinski definition) is 2. The van der Waals surface area contributed by atoms with Crippen LogP contribution in [-0.4, -0.2) is 36.4 Å². The van der Waals surface area contributed by atoms with Crippen molar-refractivity contribution in [3.05, 3.63) is 46.1 Å². The molecule has 1 aliphatic heterocycles. The molecule has 28 heavy (non-hydrogen) atoms. The summed E-state index contributed by atoms with van der Waals surface area (Å²) in [7, 11) is 0. The van der Waals surface area contributed by atoms with Gasteiger partial charge in [-0.05, 0) is 37.1 Å². The van der Waals surface area contributed by atoms with Crippen molar-refractivity contribution < 1.29 is 18.7 Å². The van der Waals surface area contributed by atoms with E-state index in [4.69, 9.17) is 10.5 Å². The van der Waals surface area contributed by atoms with E-state index in [9.17, 15) is 14.0 Å². The number of nitrogens with one attached hydrogen (secondary N) is 1. The smallest absolute Gasteiger partial charge is 0.262 e. The summed E-state index contributed by atoms with van der Waals surface area (Å²) < 4.78 is 18.8. The number of anilines is 1. The zero-order valence-electron chi connectivity index (χ0n) is 15.5. The Morgan fingerprint density at radius 2 is 2.11 bits per heavy atom. The van der Waals surface area contributed by atoms with Crippen LogP contribution in [-0.2, 0) is 17.8 Å². The van der Waals surface area contributed by atoms with Crippen LogP contribution in [0.3, 0.4) is 0 Å². The zero-order chi connectivity index (χ0) is 19.4. The number of amides is 2. The molecule has 6 nitrogen and oxygen atoms in total. The fourth-order valence-electron chi connectivity index (χ4n) is 3.18. The van der Waals surface area contributed by atoms with Gasteiger partial charge in [-0.3, -0.25) is 14.5 Å². The topological polar surface area (TPSA) is 84.7 Å². The van der Waals surface area contributed by atoms with E-state index in [0.29, 0.717) is 10.6 Å². The lowest BCUT2D eigenvalue weighted by Crippen LogP contribution is -2.31. The molecular weight excluding hydrogens is 405 g/mol. The molecule has 0 saturated heterocycles. The molecule has 2 aromatic rings. The summed E-state index contributed by atoms with van der Waals surface area (Å²) in [5.41, 5.74) is 6.86. The number of ether oxygens (including phenoxy) is 1. The second-order valence-electron chi connectivity index (χ2n) is 6.37. The van der Waals surface area contributed by atoms with Crippen molar-refractivity contribution in [3.63, 3.8) is 0 Å². The van der Waals surface area contributed by atoms with Crippen LogP contribution < -0.4 is 15.8 Å². The van der Waals surface area contributed by atoms with Crippen molar-refractivity contribution in [2.45, 2.75) is 26.3 Å². The lowest BCUT2D eigenvalue weighted by atomic mass is 10.0. The predicted octanol–water partition coefficient (Wildman–Crippen LogP) is 3.19. The van der Waals surface area contributed by atoms with Gasteiger partial charge in [-0.1, -0.05) is 19.1 Å². The number of primary amides is 1. The predicted molar refractivity (Wildman–Crippen MR) is 110 cm³/mol. The number of hydrogen-bond acceptors (Lipinski definition) is 5. The van der Waals surface area contributed by atoms with Crippen molar-refractivity contribution in [2.75, 3.05) is 25.0 Å². The molecule has 152 valence electrons. The first kappa shape index (κ1) is 22.1. The Hall–Kier alpha value is -2.16. The number of rotatable bonds is 7. The Bertz CT molecular complexity index is 859. The first-order chi connectivity index (χ1) is 13.0. The molecule has 2 amide bonds. The van der Waals surface area contributed by atoms with Gasteiger partial charge in [0, 0.05) is 18.0 Å². The van der Waals surface area contributed by atoms with Gasteiger partial charge in [0.1, 0.15) is 5.00 Å². The normalized spacial score (nSPS) is 13.4. The van der Waals surface area contributed by atoms with Crippen LogP contribution in [0, 0.1) is 5.82 Å². The van der Waals surface area contributed by atoms with Crippen LogP contribution in [0.15, 0.2) is 24.3 Å². The third-order valence-corrected chi connectivity index (χ3v) is 5.50. The molecule has 2 heterocycles. The summed E-state index contributed by atoms with van der Waals surface area (Å²) in [6.45, 7) is 4.36. The molecule has 1 aromatic carbocycles. The maximum Gasteiger partial charge on any atom is 0.262 e. The lowest BCUT2D eigenvalue weighted by Gasteiger charge is -2.26. The van der Waals surface area contributed by atoms with Gasteiger partial charge in [0.15, 0.2) is 18.2 Å². The summed E-state index contributed by atoms with van der Waals surface area (Å²) >= 11 is 1.37. The molecule has 0 saturated carbocycles. The molecule has 1 aliphatic rings. The number of thiophene rings is 1. The molecule has 0 aliphatic carbocycles. The van der Waals surface area contributed by atoms with Crippen LogP contribution in [0.1, 0.15) is 34.1 Å². The number of fused-ring (bicyclic) bond motifs is 1. The molecule has 3 rings (SSSR count). The number of para-hydroxylation sites is 1. The number of nitrogens with zero attached hydrogens (tertiary/aromatic N) is 1. The average Bonchev–Trinajstić information content (AvgIpc) is 2.98. The highest BCUT2D eigenvalue weighted by molar-refractivity contribution is 7.17. The molecule has 3 N–H and O–H groups in total. The summed E-state index contributed by atoms with van der Waals surface area (Å²) in [4.78, 5) is 27.6. The van der Waals surface area contributed by atoms with Crippen molar-refractivity contribution in [3.8, 4) is 5.75 Å². The average molecular weight is 428 g/mol. The van der Waals surface area contributed by atoms with Gasteiger partial charge >= 0.3 is 0 Å². The van der Waals surface area contributed by atoms with Gasteiger partial charge in [-0.15, -0.1) is 23.7 Å². The van der Waals surface area contributed by atoms with Crippen LogP contribution in [0.4, 0.5) is 9.39 Å². The highest BCUT2D eigenvalue weighted by Crippen LogP contribution is 2.37. The van der Waals surface area contributed by atoms with E-state index in [1.807, 2.05) is 0 Å². The minimum absolute atomic E-state index is 0. The van der Waals surface area contributed by atoms with Crippen LogP contribution in [0.2, 0.25) is 0 Å². The van der Waals surface area contributed by atoms with Crippen molar-refractivity contribution >= 4 is 40.6 Å². The number of benzene rings is 1. The minimum Gasteiger partial charge on any atom is -0.481 e. The molecular formula is C19H23ClFN3O3S. The van der Waals surface area contributed by atoms with Gasteiger partial charge < -0.3 is 15.8 Å². The van der Waals surface area contributed by atoms with Crippen LogP contribution >= 0.6 is 23.7 Å². The van der Waals surface area contributed by atoms with Gasteiger partial charge in [0.05, 0.1) is 5.56 Å². The molecule has 0 bridgehead atoms. The van der Waals surface area contributed by atoms with E-state index in [1.165, 1.54) is 23.5 Å². The van der Waals surface area contributed by atoms with Crippen molar-refractivity contribution in [1.82, 2.24) is 4.90 Å². The Morgan fingerprint density at radius 1 is 1.36 bits per heavy atom. The highest BCUT2D eigenvalue weighted by Gasteiger charge is 2.27. The quantitative estimate of drug-likeness (QED) is 0.710. The maximum absolute atomic E-state index is 13.6. The van der Waals surface area contributed by atoms with Gasteiger partial charge in [0.2, 0.25) is 0 Å². The molecule has 0 atom stereocenters. The standard InChI is InChI=1S/C19H22FN3O3S.ClH/c1-2-8-23-9-7-12-15(10-23)27-19(17(12)18(21)25)22-16(24)11-26-14-6-4-3-5-13(14)20;/h3-6H,2,7-11H2,1H3,(H2,21,25)(H,22,24);1H. The van der Waals surface area contributed by atoms with E-state index in [0.717, 1.165) is 42.9 Å². The SMILES string of the molecule is CCCN1CCc2c(sc(NC(=O)COc3ccccc3F)c2C(N)=O)C1.Cl. The third-order valence-electron chi connectivity index (χ3n) is 4.37. The molecule has 0 spiro atoms. The second-order valence-corrected chi connectivity index (χ2v) is 7.47. The number of carbonyl (C=O) groups is 2. The van der Waals surface area contributed by atoms with E-state index >= 15 is 0 Å². The molecule has 0 radical (unpaired) electrons. The minimum atomic E-state index is -0.554. The largest absolute Gasteiger partial charge is 0.481 e. The third kappa shape index (κ3) is 5.01.